The number of thiocarbonyl (C=S) groups is 1. The van der Waals surface area contributed by atoms with E-state index in [1.165, 1.54) is 23.8 Å². The van der Waals surface area contributed by atoms with Crippen LogP contribution in [-0.4, -0.2) is 21.3 Å². The number of carboxylic acid groups (broad SMARTS) is 1. The van der Waals surface area contributed by atoms with Crippen molar-refractivity contribution in [2.75, 3.05) is 5.73 Å². The highest BCUT2D eigenvalue weighted by Crippen LogP contribution is 2.19. The Labute approximate surface area is 133 Å². The normalized spacial score (nSPS) is 9.27. The van der Waals surface area contributed by atoms with E-state index >= 15 is 0 Å². The van der Waals surface area contributed by atoms with Gasteiger partial charge in [0.1, 0.15) is 11.3 Å². The minimum Gasteiger partial charge on any atom is -0.507 e. The van der Waals surface area contributed by atoms with Crippen LogP contribution in [-0.2, 0) is 6.54 Å². The van der Waals surface area contributed by atoms with E-state index in [0.717, 1.165) is 0 Å². The molecular formula is C15H17N3O3S. The highest BCUT2D eigenvalue weighted by atomic mass is 32.1. The quantitative estimate of drug-likeness (QED) is 0.431. The van der Waals surface area contributed by atoms with Crippen LogP contribution in [0, 0.1) is 0 Å². The van der Waals surface area contributed by atoms with Gasteiger partial charge in [0.05, 0.1) is 0 Å². The summed E-state index contributed by atoms with van der Waals surface area (Å²) in [6.07, 6.45) is 0. The van der Waals surface area contributed by atoms with Gasteiger partial charge < -0.3 is 27.0 Å². The SMILES string of the molecule is NC(=S)NCc1ccccc1.Nc1ccc(C(=O)O)c(O)c1. The van der Waals surface area contributed by atoms with Crippen LogP contribution in [0.4, 0.5) is 5.69 Å². The van der Waals surface area contributed by atoms with Crippen molar-refractivity contribution in [1.29, 1.82) is 0 Å². The van der Waals surface area contributed by atoms with Crippen molar-refractivity contribution in [2.24, 2.45) is 5.73 Å². The molecule has 0 radical (unpaired) electrons. The molecule has 7 N–H and O–H groups in total. The molecule has 22 heavy (non-hydrogen) atoms. The maximum atomic E-state index is 10.3. The Balaban J connectivity index is 0.000000220. The van der Waals surface area contributed by atoms with Crippen LogP contribution in [0.1, 0.15) is 15.9 Å². The van der Waals surface area contributed by atoms with Gasteiger partial charge in [0, 0.05) is 18.3 Å². The first kappa shape index (κ1) is 17.3. The van der Waals surface area contributed by atoms with E-state index in [4.69, 9.17) is 21.7 Å². The third-order valence-electron chi connectivity index (χ3n) is 2.56. The number of carboxylic acids is 1. The van der Waals surface area contributed by atoms with Gasteiger partial charge in [0.15, 0.2) is 5.11 Å². The molecule has 0 aliphatic rings. The van der Waals surface area contributed by atoms with Gasteiger partial charge in [-0.15, -0.1) is 0 Å². The van der Waals surface area contributed by atoms with Gasteiger partial charge in [-0.2, -0.15) is 0 Å². The van der Waals surface area contributed by atoms with Crippen LogP contribution < -0.4 is 16.8 Å². The van der Waals surface area contributed by atoms with E-state index < -0.39 is 5.97 Å². The Morgan fingerprint density at radius 1 is 1.18 bits per heavy atom. The molecule has 0 saturated carbocycles. The Morgan fingerprint density at radius 3 is 2.32 bits per heavy atom. The first-order chi connectivity index (χ1) is 10.4. The van der Waals surface area contributed by atoms with E-state index in [-0.39, 0.29) is 11.3 Å². The van der Waals surface area contributed by atoms with Crippen molar-refractivity contribution < 1.29 is 15.0 Å². The lowest BCUT2D eigenvalue weighted by atomic mass is 10.2. The molecule has 0 amide bonds. The maximum absolute atomic E-state index is 10.3. The lowest BCUT2D eigenvalue weighted by Gasteiger charge is -2.02. The average molecular weight is 319 g/mol. The highest BCUT2D eigenvalue weighted by Gasteiger charge is 2.07. The molecule has 0 unspecified atom stereocenters. The smallest absolute Gasteiger partial charge is 0.339 e. The maximum Gasteiger partial charge on any atom is 0.339 e. The summed E-state index contributed by atoms with van der Waals surface area (Å²) in [4.78, 5) is 10.3. The molecule has 0 aromatic heterocycles. The molecule has 0 fully saturated rings. The Hall–Kier alpha value is -2.80. The Bertz CT molecular complexity index is 648. The summed E-state index contributed by atoms with van der Waals surface area (Å²) in [6.45, 7) is 0.705. The minimum absolute atomic E-state index is 0.140. The van der Waals surface area contributed by atoms with Crippen molar-refractivity contribution >= 4 is 29.0 Å². The fraction of sp³-hybridized carbons (Fsp3) is 0.0667. The lowest BCUT2D eigenvalue weighted by Crippen LogP contribution is -2.28. The molecule has 0 aliphatic heterocycles. The summed E-state index contributed by atoms with van der Waals surface area (Å²) < 4.78 is 0. The molecule has 2 aromatic rings. The van der Waals surface area contributed by atoms with Crippen molar-refractivity contribution in [2.45, 2.75) is 6.54 Å². The number of nitrogens with one attached hydrogen (secondary N) is 1. The van der Waals surface area contributed by atoms with Crippen molar-refractivity contribution in [3.05, 3.63) is 59.7 Å². The number of phenols is 1. The van der Waals surface area contributed by atoms with Crippen LogP contribution in [0.2, 0.25) is 0 Å². The van der Waals surface area contributed by atoms with Crippen LogP contribution in [0.25, 0.3) is 0 Å². The molecule has 0 spiro atoms. The Morgan fingerprint density at radius 2 is 1.82 bits per heavy atom. The van der Waals surface area contributed by atoms with Crippen LogP contribution in [0.15, 0.2) is 48.5 Å². The summed E-state index contributed by atoms with van der Waals surface area (Å²) in [7, 11) is 0. The van der Waals surface area contributed by atoms with E-state index in [9.17, 15) is 4.79 Å². The predicted octanol–water partition coefficient (Wildman–Crippen LogP) is 1.69. The largest absolute Gasteiger partial charge is 0.507 e. The number of carbonyl (C=O) groups is 1. The molecule has 0 aliphatic carbocycles. The monoisotopic (exact) mass is 319 g/mol. The second-order valence-electron chi connectivity index (χ2n) is 4.29. The van der Waals surface area contributed by atoms with Gasteiger partial charge in [0.2, 0.25) is 0 Å². The molecular weight excluding hydrogens is 302 g/mol. The second kappa shape index (κ2) is 8.48. The molecule has 0 heterocycles. The fourth-order valence-electron chi connectivity index (χ4n) is 1.51. The lowest BCUT2D eigenvalue weighted by molar-refractivity contribution is 0.0694. The third-order valence-corrected chi connectivity index (χ3v) is 2.71. The Kier molecular flexibility index (Phi) is 6.65. The zero-order valence-corrected chi connectivity index (χ0v) is 12.5. The summed E-state index contributed by atoms with van der Waals surface area (Å²) in [5, 5.41) is 20.7. The molecule has 0 atom stereocenters. The number of anilines is 1. The number of hydrogen-bond acceptors (Lipinski definition) is 4. The summed E-state index contributed by atoms with van der Waals surface area (Å²) in [5.41, 5.74) is 11.9. The van der Waals surface area contributed by atoms with Crippen molar-refractivity contribution in [3.63, 3.8) is 0 Å². The summed E-state index contributed by atoms with van der Waals surface area (Å²) in [6, 6.07) is 13.9. The van der Waals surface area contributed by atoms with Gasteiger partial charge in [0.25, 0.3) is 0 Å². The first-order valence-corrected chi connectivity index (χ1v) is 6.70. The number of rotatable bonds is 3. The molecule has 7 heteroatoms. The number of benzene rings is 2. The van der Waals surface area contributed by atoms with Gasteiger partial charge in [-0.05, 0) is 29.9 Å². The van der Waals surface area contributed by atoms with Crippen molar-refractivity contribution in [3.8, 4) is 5.75 Å². The predicted molar refractivity (Wildman–Crippen MR) is 89.5 cm³/mol. The van der Waals surface area contributed by atoms with Gasteiger partial charge in [-0.25, -0.2) is 4.79 Å². The molecule has 6 nitrogen and oxygen atoms in total. The van der Waals surface area contributed by atoms with E-state index in [1.807, 2.05) is 30.3 Å². The minimum atomic E-state index is -1.16. The third kappa shape index (κ3) is 6.10. The summed E-state index contributed by atoms with van der Waals surface area (Å²) >= 11 is 4.66. The molecule has 116 valence electrons. The van der Waals surface area contributed by atoms with Crippen LogP contribution >= 0.6 is 12.2 Å². The number of aromatic hydroxyl groups is 1. The van der Waals surface area contributed by atoms with Gasteiger partial charge in [-0.3, -0.25) is 0 Å². The molecule has 2 aromatic carbocycles. The number of nitrogens with two attached hydrogens (primary N) is 2. The average Bonchev–Trinajstić information content (AvgIpc) is 2.46. The van der Waals surface area contributed by atoms with Crippen molar-refractivity contribution in [1.82, 2.24) is 5.32 Å². The molecule has 0 saturated heterocycles. The van der Waals surface area contributed by atoms with Gasteiger partial charge in [-0.1, -0.05) is 30.3 Å². The van der Waals surface area contributed by atoms with Crippen LogP contribution in [0.3, 0.4) is 0 Å². The first-order valence-electron chi connectivity index (χ1n) is 6.29. The zero-order valence-electron chi connectivity index (χ0n) is 11.7. The topological polar surface area (TPSA) is 122 Å². The van der Waals surface area contributed by atoms with E-state index in [2.05, 4.69) is 17.5 Å². The highest BCUT2D eigenvalue weighted by molar-refractivity contribution is 7.80. The second-order valence-corrected chi connectivity index (χ2v) is 4.72. The van der Waals surface area contributed by atoms with Gasteiger partial charge >= 0.3 is 5.97 Å². The van der Waals surface area contributed by atoms with Crippen LogP contribution in [0.5, 0.6) is 5.75 Å². The summed E-state index contributed by atoms with van der Waals surface area (Å²) in [5.74, 6) is -1.47. The molecule has 2 rings (SSSR count). The zero-order chi connectivity index (χ0) is 16.5. The molecule has 0 bridgehead atoms. The number of nitrogen functional groups attached to an aromatic ring is 1. The fourth-order valence-corrected chi connectivity index (χ4v) is 1.59. The standard InChI is InChI=1S/C8H10N2S.C7H7NO3/c9-8(11)10-6-7-4-2-1-3-5-7;8-4-1-2-5(7(10)11)6(9)3-4/h1-5H,6H2,(H3,9,10,11);1-3,9H,8H2,(H,10,11). The number of aromatic carboxylic acids is 1. The van der Waals surface area contributed by atoms with E-state index in [1.54, 1.807) is 0 Å². The number of hydrogen-bond donors (Lipinski definition) is 5. The van der Waals surface area contributed by atoms with E-state index in [0.29, 0.717) is 17.3 Å².